The lowest BCUT2D eigenvalue weighted by atomic mass is 9.94. The SMILES string of the molecule is F[C@H]1C[C@@H]2CNCCN2c2ncc(C(F)(F)F)cc21. The Morgan fingerprint density at radius 2 is 2.16 bits per heavy atom. The summed E-state index contributed by atoms with van der Waals surface area (Å²) in [6.45, 7) is 2.01. The van der Waals surface area contributed by atoms with Gasteiger partial charge in [-0.3, -0.25) is 0 Å². The number of nitrogens with one attached hydrogen (secondary N) is 1. The lowest BCUT2D eigenvalue weighted by molar-refractivity contribution is -0.137. The van der Waals surface area contributed by atoms with Crippen LogP contribution in [0.1, 0.15) is 23.7 Å². The van der Waals surface area contributed by atoms with Gasteiger partial charge < -0.3 is 10.2 Å². The maximum absolute atomic E-state index is 14.1. The number of fused-ring (bicyclic) bond motifs is 3. The first-order valence-electron chi connectivity index (χ1n) is 6.15. The van der Waals surface area contributed by atoms with E-state index in [9.17, 15) is 17.6 Å². The van der Waals surface area contributed by atoms with Crippen molar-refractivity contribution in [1.82, 2.24) is 10.3 Å². The zero-order valence-electron chi connectivity index (χ0n) is 10.0. The molecule has 0 aliphatic carbocycles. The highest BCUT2D eigenvalue weighted by Gasteiger charge is 2.38. The summed E-state index contributed by atoms with van der Waals surface area (Å²) in [6, 6.07) is 0.867. The molecule has 2 aliphatic rings. The van der Waals surface area contributed by atoms with E-state index in [0.717, 1.165) is 18.8 Å². The first kappa shape index (κ1) is 12.7. The number of hydrogen-bond donors (Lipinski definition) is 1. The Morgan fingerprint density at radius 1 is 1.37 bits per heavy atom. The average Bonchev–Trinajstić information content (AvgIpc) is 2.37. The van der Waals surface area contributed by atoms with Gasteiger partial charge in [0.15, 0.2) is 0 Å². The quantitative estimate of drug-likeness (QED) is 0.736. The van der Waals surface area contributed by atoms with Crippen LogP contribution in [0.2, 0.25) is 0 Å². The second kappa shape index (κ2) is 4.33. The summed E-state index contributed by atoms with van der Waals surface area (Å²) >= 11 is 0. The zero-order chi connectivity index (χ0) is 13.6. The molecule has 2 aliphatic heterocycles. The van der Waals surface area contributed by atoms with Gasteiger partial charge in [-0.1, -0.05) is 0 Å². The third-order valence-corrected chi connectivity index (χ3v) is 3.66. The third kappa shape index (κ3) is 2.16. The number of piperazine rings is 1. The van der Waals surface area contributed by atoms with Crippen molar-refractivity contribution in [2.75, 3.05) is 24.5 Å². The Balaban J connectivity index is 2.02. The summed E-state index contributed by atoms with van der Waals surface area (Å²) in [5.41, 5.74) is -0.824. The fourth-order valence-corrected chi connectivity index (χ4v) is 2.72. The van der Waals surface area contributed by atoms with Crippen LogP contribution in [0.15, 0.2) is 12.3 Å². The molecule has 0 radical (unpaired) electrons. The Bertz CT molecular complexity index is 488. The van der Waals surface area contributed by atoms with Crippen LogP contribution in [0, 0.1) is 0 Å². The van der Waals surface area contributed by atoms with Crippen molar-refractivity contribution < 1.29 is 17.6 Å². The summed E-state index contributed by atoms with van der Waals surface area (Å²) in [4.78, 5) is 5.76. The Hall–Kier alpha value is -1.37. The van der Waals surface area contributed by atoms with Crippen LogP contribution in [0.5, 0.6) is 0 Å². The molecule has 0 saturated carbocycles. The van der Waals surface area contributed by atoms with Gasteiger partial charge in [0.2, 0.25) is 0 Å². The molecule has 0 amide bonds. The molecule has 0 aromatic carbocycles. The van der Waals surface area contributed by atoms with Gasteiger partial charge >= 0.3 is 6.18 Å². The number of hydrogen-bond acceptors (Lipinski definition) is 3. The minimum Gasteiger partial charge on any atom is -0.351 e. The number of alkyl halides is 4. The molecule has 1 saturated heterocycles. The van der Waals surface area contributed by atoms with E-state index in [1.165, 1.54) is 0 Å². The average molecular weight is 275 g/mol. The molecule has 7 heteroatoms. The van der Waals surface area contributed by atoms with Gasteiger partial charge in [0.1, 0.15) is 12.0 Å². The van der Waals surface area contributed by atoms with Crippen molar-refractivity contribution in [2.24, 2.45) is 0 Å². The molecule has 3 heterocycles. The number of anilines is 1. The van der Waals surface area contributed by atoms with E-state index in [1.807, 2.05) is 4.90 Å². The predicted molar refractivity (Wildman–Crippen MR) is 61.7 cm³/mol. The smallest absolute Gasteiger partial charge is 0.351 e. The third-order valence-electron chi connectivity index (χ3n) is 3.66. The Morgan fingerprint density at radius 3 is 2.89 bits per heavy atom. The molecule has 3 nitrogen and oxygen atoms in total. The second-order valence-electron chi connectivity index (χ2n) is 4.89. The van der Waals surface area contributed by atoms with Crippen LogP contribution in [0.4, 0.5) is 23.4 Å². The zero-order valence-corrected chi connectivity index (χ0v) is 10.0. The highest BCUT2D eigenvalue weighted by molar-refractivity contribution is 5.53. The largest absolute Gasteiger partial charge is 0.417 e. The predicted octanol–water partition coefficient (Wildman–Crippen LogP) is 2.29. The minimum atomic E-state index is -4.48. The summed E-state index contributed by atoms with van der Waals surface area (Å²) < 4.78 is 51.9. The topological polar surface area (TPSA) is 28.2 Å². The van der Waals surface area contributed by atoms with Gasteiger partial charge in [-0.05, 0) is 6.07 Å². The lowest BCUT2D eigenvalue weighted by Crippen LogP contribution is -2.54. The minimum absolute atomic E-state index is 0.0273. The van der Waals surface area contributed by atoms with Crippen LogP contribution in [0.3, 0.4) is 0 Å². The van der Waals surface area contributed by atoms with Crippen LogP contribution in [-0.2, 0) is 6.18 Å². The number of rotatable bonds is 0. The van der Waals surface area contributed by atoms with Gasteiger partial charge in [0.25, 0.3) is 0 Å². The molecule has 0 bridgehead atoms. The van der Waals surface area contributed by atoms with Crippen LogP contribution < -0.4 is 10.2 Å². The van der Waals surface area contributed by atoms with Crippen LogP contribution in [0.25, 0.3) is 0 Å². The molecular weight excluding hydrogens is 262 g/mol. The molecule has 0 spiro atoms. The monoisotopic (exact) mass is 275 g/mol. The van der Waals surface area contributed by atoms with E-state index in [4.69, 9.17) is 0 Å². The number of halogens is 4. The molecular formula is C12H13F4N3. The van der Waals surface area contributed by atoms with E-state index in [2.05, 4.69) is 10.3 Å². The first-order chi connectivity index (χ1) is 8.97. The number of nitrogens with zero attached hydrogens (tertiary/aromatic N) is 2. The highest BCUT2D eigenvalue weighted by atomic mass is 19.4. The van der Waals surface area contributed by atoms with E-state index < -0.39 is 17.9 Å². The molecule has 1 fully saturated rings. The van der Waals surface area contributed by atoms with Gasteiger partial charge in [0, 0.05) is 43.9 Å². The normalized spacial score (nSPS) is 26.8. The molecule has 0 unspecified atom stereocenters. The molecule has 1 aromatic rings. The van der Waals surface area contributed by atoms with E-state index in [0.29, 0.717) is 18.9 Å². The summed E-state index contributed by atoms with van der Waals surface area (Å²) in [7, 11) is 0. The molecule has 1 aromatic heterocycles. The highest BCUT2D eigenvalue weighted by Crippen LogP contribution is 2.41. The van der Waals surface area contributed by atoms with Crippen molar-refractivity contribution in [2.45, 2.75) is 24.8 Å². The Labute approximate surface area is 107 Å². The van der Waals surface area contributed by atoms with E-state index >= 15 is 0 Å². The van der Waals surface area contributed by atoms with Gasteiger partial charge in [-0.2, -0.15) is 13.2 Å². The van der Waals surface area contributed by atoms with Crippen molar-refractivity contribution in [3.63, 3.8) is 0 Å². The van der Waals surface area contributed by atoms with Gasteiger partial charge in [-0.15, -0.1) is 0 Å². The van der Waals surface area contributed by atoms with Crippen molar-refractivity contribution in [3.8, 4) is 0 Å². The van der Waals surface area contributed by atoms with Crippen LogP contribution >= 0.6 is 0 Å². The maximum Gasteiger partial charge on any atom is 0.417 e. The standard InChI is InChI=1S/C12H13F4N3/c13-10-4-8-6-17-1-2-19(8)11-9(10)3-7(5-18-11)12(14,15)16/h3,5,8,10,17H,1-2,4,6H2/t8-,10+/m1/s1. The van der Waals surface area contributed by atoms with Gasteiger partial charge in [0.05, 0.1) is 5.56 Å². The second-order valence-corrected chi connectivity index (χ2v) is 4.89. The van der Waals surface area contributed by atoms with Crippen molar-refractivity contribution in [1.29, 1.82) is 0 Å². The molecule has 1 N–H and O–H groups in total. The van der Waals surface area contributed by atoms with E-state index in [1.54, 1.807) is 0 Å². The molecule has 2 atom stereocenters. The maximum atomic E-state index is 14.1. The Kier molecular flexibility index (Phi) is 2.88. The summed E-state index contributed by atoms with van der Waals surface area (Å²) in [5, 5.41) is 3.15. The number of pyridine rings is 1. The van der Waals surface area contributed by atoms with E-state index in [-0.39, 0.29) is 18.0 Å². The van der Waals surface area contributed by atoms with Crippen LogP contribution in [-0.4, -0.2) is 30.7 Å². The molecule has 104 valence electrons. The lowest BCUT2D eigenvalue weighted by Gasteiger charge is -2.42. The fourth-order valence-electron chi connectivity index (χ4n) is 2.72. The van der Waals surface area contributed by atoms with Crippen molar-refractivity contribution in [3.05, 3.63) is 23.4 Å². The molecule has 19 heavy (non-hydrogen) atoms. The van der Waals surface area contributed by atoms with Crippen molar-refractivity contribution >= 4 is 5.82 Å². The fraction of sp³-hybridized carbons (Fsp3) is 0.583. The molecule has 3 rings (SSSR count). The first-order valence-corrected chi connectivity index (χ1v) is 6.15. The number of aromatic nitrogens is 1. The van der Waals surface area contributed by atoms with Gasteiger partial charge in [-0.25, -0.2) is 9.37 Å². The summed E-state index contributed by atoms with van der Waals surface area (Å²) in [5.74, 6) is 0.359. The summed E-state index contributed by atoms with van der Waals surface area (Å²) in [6.07, 6.45) is -4.87.